The standard InChI is InChI=1S/C12H14N4O2/c1-9-6-13-16(7-9)10-3-5-15(8-10)12(17)11-2-4-14-18-11/h2,4,6-7,10H,3,5,8H2,1H3. The molecule has 0 N–H and O–H groups in total. The first-order valence-corrected chi connectivity index (χ1v) is 5.95. The SMILES string of the molecule is Cc1cnn(C2CCN(C(=O)c3ccno3)C2)c1. The number of carbonyl (C=O) groups is 1. The van der Waals surface area contributed by atoms with Crippen LogP contribution >= 0.6 is 0 Å². The van der Waals surface area contributed by atoms with E-state index in [2.05, 4.69) is 10.3 Å². The van der Waals surface area contributed by atoms with Gasteiger partial charge >= 0.3 is 0 Å². The van der Waals surface area contributed by atoms with Gasteiger partial charge < -0.3 is 9.42 Å². The minimum atomic E-state index is -0.0983. The maximum absolute atomic E-state index is 12.1. The Kier molecular flexibility index (Phi) is 2.62. The Labute approximate surface area is 104 Å². The van der Waals surface area contributed by atoms with Crippen molar-refractivity contribution in [2.24, 2.45) is 0 Å². The summed E-state index contributed by atoms with van der Waals surface area (Å²) in [7, 11) is 0. The van der Waals surface area contributed by atoms with Gasteiger partial charge in [-0.25, -0.2) is 0 Å². The molecule has 1 atom stereocenters. The molecular weight excluding hydrogens is 232 g/mol. The molecule has 1 fully saturated rings. The van der Waals surface area contributed by atoms with Crippen molar-refractivity contribution in [2.45, 2.75) is 19.4 Å². The normalized spacial score (nSPS) is 19.4. The van der Waals surface area contributed by atoms with Crippen LogP contribution in [0.2, 0.25) is 0 Å². The molecule has 94 valence electrons. The van der Waals surface area contributed by atoms with Crippen molar-refractivity contribution in [1.29, 1.82) is 0 Å². The van der Waals surface area contributed by atoms with E-state index in [1.807, 2.05) is 24.0 Å². The summed E-state index contributed by atoms with van der Waals surface area (Å²) in [5.74, 6) is 0.200. The van der Waals surface area contributed by atoms with E-state index in [9.17, 15) is 4.79 Å². The molecule has 1 amide bonds. The van der Waals surface area contributed by atoms with Gasteiger partial charge in [0.05, 0.1) is 18.4 Å². The van der Waals surface area contributed by atoms with Crippen molar-refractivity contribution in [3.05, 3.63) is 36.0 Å². The summed E-state index contributed by atoms with van der Waals surface area (Å²) < 4.78 is 6.82. The lowest BCUT2D eigenvalue weighted by Crippen LogP contribution is -2.28. The van der Waals surface area contributed by atoms with E-state index in [-0.39, 0.29) is 11.9 Å². The second-order valence-electron chi connectivity index (χ2n) is 4.57. The number of rotatable bonds is 2. The molecule has 0 saturated carbocycles. The zero-order valence-electron chi connectivity index (χ0n) is 10.1. The molecule has 0 spiro atoms. The highest BCUT2D eigenvalue weighted by atomic mass is 16.5. The molecule has 0 aromatic carbocycles. The quantitative estimate of drug-likeness (QED) is 0.800. The smallest absolute Gasteiger partial charge is 0.292 e. The minimum Gasteiger partial charge on any atom is -0.351 e. The monoisotopic (exact) mass is 246 g/mol. The molecule has 0 aliphatic carbocycles. The van der Waals surface area contributed by atoms with Gasteiger partial charge in [0, 0.05) is 25.4 Å². The van der Waals surface area contributed by atoms with E-state index >= 15 is 0 Å². The van der Waals surface area contributed by atoms with Crippen molar-refractivity contribution < 1.29 is 9.32 Å². The molecule has 1 unspecified atom stereocenters. The number of aromatic nitrogens is 3. The van der Waals surface area contributed by atoms with Crippen LogP contribution in [0.1, 0.15) is 28.6 Å². The van der Waals surface area contributed by atoms with Crippen LogP contribution in [0.5, 0.6) is 0 Å². The van der Waals surface area contributed by atoms with Crippen LogP contribution in [0.4, 0.5) is 0 Å². The first-order valence-electron chi connectivity index (χ1n) is 5.95. The predicted octanol–water partition coefficient (Wildman–Crippen LogP) is 1.27. The second-order valence-corrected chi connectivity index (χ2v) is 4.57. The number of amides is 1. The fourth-order valence-electron chi connectivity index (χ4n) is 2.26. The van der Waals surface area contributed by atoms with Gasteiger partial charge in [-0.3, -0.25) is 9.48 Å². The van der Waals surface area contributed by atoms with Crippen LogP contribution in [-0.2, 0) is 0 Å². The van der Waals surface area contributed by atoms with Gasteiger partial charge in [0.1, 0.15) is 0 Å². The Balaban J connectivity index is 1.70. The average Bonchev–Trinajstić information content (AvgIpc) is 3.09. The summed E-state index contributed by atoms with van der Waals surface area (Å²) in [6.45, 7) is 3.40. The fraction of sp³-hybridized carbons (Fsp3) is 0.417. The van der Waals surface area contributed by atoms with Crippen LogP contribution in [0.3, 0.4) is 0 Å². The van der Waals surface area contributed by atoms with Crippen molar-refractivity contribution in [2.75, 3.05) is 13.1 Å². The Morgan fingerprint density at radius 3 is 3.11 bits per heavy atom. The summed E-state index contributed by atoms with van der Waals surface area (Å²) in [6.07, 6.45) is 6.24. The van der Waals surface area contributed by atoms with E-state index in [4.69, 9.17) is 4.52 Å². The van der Waals surface area contributed by atoms with Crippen LogP contribution in [-0.4, -0.2) is 38.8 Å². The molecule has 2 aromatic rings. The number of likely N-dealkylation sites (tertiary alicyclic amines) is 1. The summed E-state index contributed by atoms with van der Waals surface area (Å²) in [5.41, 5.74) is 1.13. The van der Waals surface area contributed by atoms with Gasteiger partial charge in [-0.15, -0.1) is 0 Å². The topological polar surface area (TPSA) is 64.2 Å². The minimum absolute atomic E-state index is 0.0983. The average molecular weight is 246 g/mol. The third-order valence-corrected chi connectivity index (χ3v) is 3.20. The van der Waals surface area contributed by atoms with E-state index in [1.165, 1.54) is 6.20 Å². The van der Waals surface area contributed by atoms with Gasteiger partial charge in [0.15, 0.2) is 0 Å². The molecule has 2 aromatic heterocycles. The van der Waals surface area contributed by atoms with Crippen LogP contribution in [0.15, 0.2) is 29.2 Å². The van der Waals surface area contributed by atoms with Crippen molar-refractivity contribution in [1.82, 2.24) is 19.8 Å². The maximum atomic E-state index is 12.1. The highest BCUT2D eigenvalue weighted by molar-refractivity contribution is 5.91. The summed E-state index contributed by atoms with van der Waals surface area (Å²) in [5, 5.41) is 7.85. The molecular formula is C12H14N4O2. The van der Waals surface area contributed by atoms with Crippen LogP contribution < -0.4 is 0 Å². The maximum Gasteiger partial charge on any atom is 0.292 e. The highest BCUT2D eigenvalue weighted by Gasteiger charge is 2.29. The molecule has 1 aliphatic heterocycles. The Morgan fingerprint density at radius 2 is 2.44 bits per heavy atom. The molecule has 3 rings (SSSR count). The van der Waals surface area contributed by atoms with E-state index in [0.717, 1.165) is 18.5 Å². The van der Waals surface area contributed by atoms with Gasteiger partial charge in [0.25, 0.3) is 5.91 Å². The number of hydrogen-bond donors (Lipinski definition) is 0. The molecule has 0 radical (unpaired) electrons. The van der Waals surface area contributed by atoms with E-state index in [1.54, 1.807) is 11.0 Å². The Bertz CT molecular complexity index is 546. The molecule has 3 heterocycles. The molecule has 0 bridgehead atoms. The first kappa shape index (κ1) is 11.0. The lowest BCUT2D eigenvalue weighted by Gasteiger charge is -2.14. The fourth-order valence-corrected chi connectivity index (χ4v) is 2.26. The van der Waals surface area contributed by atoms with Crippen molar-refractivity contribution >= 4 is 5.91 Å². The Morgan fingerprint density at radius 1 is 1.56 bits per heavy atom. The molecule has 1 saturated heterocycles. The summed E-state index contributed by atoms with van der Waals surface area (Å²) >= 11 is 0. The molecule has 6 nitrogen and oxygen atoms in total. The van der Waals surface area contributed by atoms with Crippen LogP contribution in [0, 0.1) is 6.92 Å². The zero-order chi connectivity index (χ0) is 12.5. The largest absolute Gasteiger partial charge is 0.351 e. The van der Waals surface area contributed by atoms with Crippen molar-refractivity contribution in [3.63, 3.8) is 0 Å². The zero-order valence-corrected chi connectivity index (χ0v) is 10.1. The number of nitrogens with zero attached hydrogens (tertiary/aromatic N) is 4. The molecule has 1 aliphatic rings. The Hall–Kier alpha value is -2.11. The third kappa shape index (κ3) is 1.90. The van der Waals surface area contributed by atoms with E-state index in [0.29, 0.717) is 12.3 Å². The summed E-state index contributed by atoms with van der Waals surface area (Å²) in [6, 6.07) is 1.85. The lowest BCUT2D eigenvalue weighted by molar-refractivity contribution is 0.0745. The number of hydrogen-bond acceptors (Lipinski definition) is 4. The lowest BCUT2D eigenvalue weighted by atomic mass is 10.3. The second kappa shape index (κ2) is 4.29. The predicted molar refractivity (Wildman–Crippen MR) is 63.0 cm³/mol. The first-order chi connectivity index (χ1) is 8.74. The van der Waals surface area contributed by atoms with Gasteiger partial charge in [0.2, 0.25) is 5.76 Å². The molecule has 18 heavy (non-hydrogen) atoms. The van der Waals surface area contributed by atoms with Gasteiger partial charge in [-0.05, 0) is 18.9 Å². The highest BCUT2D eigenvalue weighted by Crippen LogP contribution is 2.22. The summed E-state index contributed by atoms with van der Waals surface area (Å²) in [4.78, 5) is 13.8. The van der Waals surface area contributed by atoms with E-state index < -0.39 is 0 Å². The van der Waals surface area contributed by atoms with Gasteiger partial charge in [-0.2, -0.15) is 5.10 Å². The van der Waals surface area contributed by atoms with Crippen LogP contribution in [0.25, 0.3) is 0 Å². The number of carbonyl (C=O) groups excluding carboxylic acids is 1. The van der Waals surface area contributed by atoms with Crippen molar-refractivity contribution in [3.8, 4) is 0 Å². The third-order valence-electron chi connectivity index (χ3n) is 3.20. The molecule has 6 heteroatoms. The van der Waals surface area contributed by atoms with Gasteiger partial charge in [-0.1, -0.05) is 5.16 Å². The number of aryl methyl sites for hydroxylation is 1.